The van der Waals surface area contributed by atoms with Crippen molar-refractivity contribution in [3.63, 3.8) is 0 Å². The minimum atomic E-state index is -0.957. The molecule has 1 saturated heterocycles. The molecule has 1 heterocycles. The predicted molar refractivity (Wildman–Crippen MR) is 68.9 cm³/mol. The Balaban J connectivity index is 2.38. The number of esters is 1. The van der Waals surface area contributed by atoms with Crippen molar-refractivity contribution in [2.24, 2.45) is 0 Å². The van der Waals surface area contributed by atoms with Crippen molar-refractivity contribution in [2.75, 3.05) is 19.8 Å². The Morgan fingerprint density at radius 1 is 1.45 bits per heavy atom. The number of nitrogens with zero attached hydrogens (tertiary/aromatic N) is 2. The first kappa shape index (κ1) is 16.2. The van der Waals surface area contributed by atoms with Gasteiger partial charge in [0, 0.05) is 6.61 Å². The second-order valence-electron chi connectivity index (χ2n) is 4.07. The van der Waals surface area contributed by atoms with Crippen LogP contribution in [0.25, 0.3) is 5.53 Å². The van der Waals surface area contributed by atoms with Crippen LogP contribution in [0.1, 0.15) is 26.2 Å². The molecule has 0 spiro atoms. The number of ketones is 1. The SMILES string of the molecule is CCOC(=O)C(=[N+]=[N-])C(=O)/C=C/COC1CCCCO1. The van der Waals surface area contributed by atoms with Gasteiger partial charge in [0.25, 0.3) is 5.78 Å². The van der Waals surface area contributed by atoms with Crippen molar-refractivity contribution in [3.8, 4) is 0 Å². The molecular formula is C13H18N2O5. The van der Waals surface area contributed by atoms with E-state index in [1.807, 2.05) is 0 Å². The normalized spacial score (nSPS) is 18.6. The third kappa shape index (κ3) is 5.44. The van der Waals surface area contributed by atoms with E-state index in [1.54, 1.807) is 6.92 Å². The highest BCUT2D eigenvalue weighted by molar-refractivity contribution is 6.64. The average Bonchev–Trinajstić information content (AvgIpc) is 2.46. The molecule has 7 heteroatoms. The fourth-order valence-electron chi connectivity index (χ4n) is 1.63. The highest BCUT2D eigenvalue weighted by Gasteiger charge is 2.28. The Morgan fingerprint density at radius 2 is 2.25 bits per heavy atom. The van der Waals surface area contributed by atoms with Gasteiger partial charge in [0.2, 0.25) is 0 Å². The molecular weight excluding hydrogens is 264 g/mol. The van der Waals surface area contributed by atoms with Crippen molar-refractivity contribution in [3.05, 3.63) is 17.7 Å². The lowest BCUT2D eigenvalue weighted by Gasteiger charge is -2.21. The summed E-state index contributed by atoms with van der Waals surface area (Å²) in [4.78, 5) is 25.5. The summed E-state index contributed by atoms with van der Waals surface area (Å²) in [5, 5.41) is 0. The van der Waals surface area contributed by atoms with E-state index in [9.17, 15) is 9.59 Å². The fourth-order valence-corrected chi connectivity index (χ4v) is 1.63. The standard InChI is InChI=1S/C13H18N2O5/c1-2-18-13(17)12(15-14)10(16)6-5-9-20-11-7-3-4-8-19-11/h5-6,11H,2-4,7-9H2,1H3/b6-5+. The van der Waals surface area contributed by atoms with Gasteiger partial charge < -0.3 is 19.7 Å². The van der Waals surface area contributed by atoms with E-state index in [-0.39, 0.29) is 19.5 Å². The van der Waals surface area contributed by atoms with Gasteiger partial charge in [-0.2, -0.15) is 4.79 Å². The molecule has 0 amide bonds. The third-order valence-electron chi connectivity index (χ3n) is 2.59. The lowest BCUT2D eigenvalue weighted by atomic mass is 10.2. The Hall–Kier alpha value is -1.82. The molecule has 0 saturated carbocycles. The summed E-state index contributed by atoms with van der Waals surface area (Å²) < 4.78 is 15.3. The van der Waals surface area contributed by atoms with Gasteiger partial charge in [-0.3, -0.25) is 4.79 Å². The molecule has 0 aromatic carbocycles. The average molecular weight is 282 g/mol. The molecule has 110 valence electrons. The van der Waals surface area contributed by atoms with Gasteiger partial charge in [0.05, 0.1) is 13.2 Å². The van der Waals surface area contributed by atoms with Crippen molar-refractivity contribution >= 4 is 17.5 Å². The van der Waals surface area contributed by atoms with Crippen LogP contribution in [0.3, 0.4) is 0 Å². The lowest BCUT2D eigenvalue weighted by molar-refractivity contribution is -0.155. The lowest BCUT2D eigenvalue weighted by Crippen LogP contribution is -2.26. The molecule has 20 heavy (non-hydrogen) atoms. The maximum atomic E-state index is 11.6. The summed E-state index contributed by atoms with van der Waals surface area (Å²) in [6.07, 6.45) is 5.20. The number of hydrogen-bond acceptors (Lipinski definition) is 5. The monoisotopic (exact) mass is 282 g/mol. The van der Waals surface area contributed by atoms with Crippen molar-refractivity contribution in [1.29, 1.82) is 0 Å². The highest BCUT2D eigenvalue weighted by Crippen LogP contribution is 2.13. The van der Waals surface area contributed by atoms with E-state index in [1.165, 1.54) is 6.08 Å². The predicted octanol–water partition coefficient (Wildman–Crippen LogP) is 0.889. The molecule has 0 aromatic rings. The van der Waals surface area contributed by atoms with Crippen LogP contribution >= 0.6 is 0 Å². The molecule has 0 aromatic heterocycles. The topological polar surface area (TPSA) is 98.2 Å². The van der Waals surface area contributed by atoms with Crippen LogP contribution < -0.4 is 0 Å². The third-order valence-corrected chi connectivity index (χ3v) is 2.59. The number of carbonyl (C=O) groups is 2. The molecule has 0 N–H and O–H groups in total. The molecule has 0 aliphatic carbocycles. The van der Waals surface area contributed by atoms with Gasteiger partial charge in [-0.15, -0.1) is 0 Å². The summed E-state index contributed by atoms with van der Waals surface area (Å²) in [5.41, 5.74) is 7.98. The van der Waals surface area contributed by atoms with Crippen molar-refractivity contribution < 1.29 is 28.6 Å². The summed E-state index contributed by atoms with van der Waals surface area (Å²) in [6.45, 7) is 2.54. The number of ether oxygens (including phenoxy) is 3. The Labute approximate surface area is 117 Å². The maximum absolute atomic E-state index is 11.6. The van der Waals surface area contributed by atoms with Crippen LogP contribution in [0.5, 0.6) is 0 Å². The van der Waals surface area contributed by atoms with Crippen LogP contribution in [-0.2, 0) is 23.8 Å². The quantitative estimate of drug-likeness (QED) is 0.172. The van der Waals surface area contributed by atoms with Gasteiger partial charge in [-0.05, 0) is 32.3 Å². The molecule has 1 rings (SSSR count). The van der Waals surface area contributed by atoms with E-state index in [0.29, 0.717) is 6.61 Å². The largest absolute Gasteiger partial charge is 0.457 e. The zero-order chi connectivity index (χ0) is 14.8. The maximum Gasteiger partial charge on any atom is 0.445 e. The number of carbonyl (C=O) groups excluding carboxylic acids is 2. The smallest absolute Gasteiger partial charge is 0.445 e. The molecule has 0 radical (unpaired) electrons. The second-order valence-corrected chi connectivity index (χ2v) is 4.07. The van der Waals surface area contributed by atoms with Crippen LogP contribution in [-0.4, -0.2) is 48.4 Å². The van der Waals surface area contributed by atoms with E-state index >= 15 is 0 Å². The first-order valence-corrected chi connectivity index (χ1v) is 6.52. The molecule has 7 nitrogen and oxygen atoms in total. The second kappa shape index (κ2) is 9.14. The van der Waals surface area contributed by atoms with Gasteiger partial charge in [0.1, 0.15) is 0 Å². The Bertz CT molecular complexity index is 420. The zero-order valence-corrected chi connectivity index (χ0v) is 11.4. The van der Waals surface area contributed by atoms with Gasteiger partial charge in [0.15, 0.2) is 6.29 Å². The Morgan fingerprint density at radius 3 is 2.85 bits per heavy atom. The molecule has 1 atom stereocenters. The zero-order valence-electron chi connectivity index (χ0n) is 11.4. The van der Waals surface area contributed by atoms with Crippen LogP contribution in [0, 0.1) is 0 Å². The first-order chi connectivity index (χ1) is 9.69. The van der Waals surface area contributed by atoms with E-state index in [4.69, 9.17) is 15.0 Å². The van der Waals surface area contributed by atoms with Crippen molar-refractivity contribution in [1.82, 2.24) is 0 Å². The molecule has 1 aliphatic heterocycles. The molecule has 0 bridgehead atoms. The van der Waals surface area contributed by atoms with E-state index in [2.05, 4.69) is 9.53 Å². The van der Waals surface area contributed by atoms with Crippen LogP contribution in [0.2, 0.25) is 0 Å². The summed E-state index contributed by atoms with van der Waals surface area (Å²) in [6, 6.07) is 0. The van der Waals surface area contributed by atoms with E-state index < -0.39 is 17.5 Å². The fraction of sp³-hybridized carbons (Fsp3) is 0.615. The summed E-state index contributed by atoms with van der Waals surface area (Å²) >= 11 is 0. The molecule has 1 aliphatic rings. The van der Waals surface area contributed by atoms with Crippen LogP contribution in [0.4, 0.5) is 0 Å². The van der Waals surface area contributed by atoms with Gasteiger partial charge in [-0.1, -0.05) is 6.08 Å². The summed E-state index contributed by atoms with van der Waals surface area (Å²) in [7, 11) is 0. The van der Waals surface area contributed by atoms with Crippen molar-refractivity contribution in [2.45, 2.75) is 32.5 Å². The number of hydrogen-bond donors (Lipinski definition) is 0. The van der Waals surface area contributed by atoms with Crippen LogP contribution in [0.15, 0.2) is 12.2 Å². The van der Waals surface area contributed by atoms with E-state index in [0.717, 1.165) is 25.3 Å². The molecule has 1 fully saturated rings. The highest BCUT2D eigenvalue weighted by atomic mass is 16.7. The van der Waals surface area contributed by atoms with Gasteiger partial charge >= 0.3 is 11.7 Å². The Kier molecular flexibility index (Phi) is 7.42. The minimum absolute atomic E-state index is 0.0942. The molecule has 1 unspecified atom stereocenters. The first-order valence-electron chi connectivity index (χ1n) is 6.52. The summed E-state index contributed by atoms with van der Waals surface area (Å²) in [5.74, 6) is -1.69. The number of rotatable bonds is 7. The minimum Gasteiger partial charge on any atom is -0.457 e. The van der Waals surface area contributed by atoms with Gasteiger partial charge in [-0.25, -0.2) is 4.79 Å². The number of allylic oxidation sites excluding steroid dienone is 1.